The van der Waals surface area contributed by atoms with Crippen LogP contribution in [0.1, 0.15) is 0 Å². The van der Waals surface area contributed by atoms with E-state index >= 15 is 0 Å². The first-order valence-corrected chi connectivity index (χ1v) is 2.24. The molecular formula is H2AlCaO5P+2. The number of phosphoric acid groups is 1. The van der Waals surface area contributed by atoms with Gasteiger partial charge >= 0.3 is 55.1 Å². The van der Waals surface area contributed by atoms with E-state index in [1.54, 1.807) is 0 Å². The van der Waals surface area contributed by atoms with Crippen LogP contribution in [0.4, 0.5) is 0 Å². The first-order valence-electron chi connectivity index (χ1n) is 0.748. The average molecular weight is 180 g/mol. The zero-order valence-corrected chi connectivity index (χ0v) is 8.11. The van der Waals surface area contributed by atoms with E-state index in [0.717, 1.165) is 0 Å². The zero-order valence-electron chi connectivity index (χ0n) is 3.85. The maximum atomic E-state index is 8.66. The van der Waals surface area contributed by atoms with Crippen LogP contribution in [0.15, 0.2) is 0 Å². The molecule has 0 spiro atoms. The molecule has 2 N–H and O–H groups in total. The van der Waals surface area contributed by atoms with Gasteiger partial charge in [-0.1, -0.05) is 0 Å². The van der Waals surface area contributed by atoms with Crippen molar-refractivity contribution in [1.29, 1.82) is 0 Å². The third-order valence-corrected chi connectivity index (χ3v) is 0. The van der Waals surface area contributed by atoms with E-state index in [-0.39, 0.29) is 60.6 Å². The summed E-state index contributed by atoms with van der Waals surface area (Å²) in [6, 6.07) is 0. The Morgan fingerprint density at radius 3 is 1.38 bits per heavy atom. The topological polar surface area (TPSA) is 113 Å². The minimum atomic E-state index is -5.14. The molecule has 0 aromatic rings. The van der Waals surface area contributed by atoms with Crippen molar-refractivity contribution in [3.63, 3.8) is 0 Å². The molecule has 0 aromatic carbocycles. The van der Waals surface area contributed by atoms with Gasteiger partial charge in [-0.15, -0.1) is 0 Å². The first kappa shape index (κ1) is 22.5. The maximum Gasteiger partial charge on any atom is 3.00 e. The van der Waals surface area contributed by atoms with Crippen LogP contribution in [-0.4, -0.2) is 65.5 Å². The molecule has 0 saturated heterocycles. The Morgan fingerprint density at radius 1 is 1.38 bits per heavy atom. The number of rotatable bonds is 0. The van der Waals surface area contributed by atoms with Crippen molar-refractivity contribution in [1.82, 2.24) is 0 Å². The molecule has 8 heteroatoms. The van der Waals surface area contributed by atoms with Gasteiger partial charge in [0.2, 0.25) is 0 Å². The largest absolute Gasteiger partial charge is 3.00 e. The molecule has 0 amide bonds. The van der Waals surface area contributed by atoms with E-state index in [1.165, 1.54) is 0 Å². The van der Waals surface area contributed by atoms with E-state index in [9.17, 15) is 0 Å². The van der Waals surface area contributed by atoms with Crippen molar-refractivity contribution in [2.45, 2.75) is 0 Å². The standard InChI is InChI=1S/Al.Ca.H3O4P.H2O/c;;1-5(2,3)4;/h;;(H3,1,2,3,4);1H2/q+3;+2;;/p-3. The maximum absolute atomic E-state index is 8.66. The van der Waals surface area contributed by atoms with Gasteiger partial charge < -0.3 is 24.7 Å². The molecule has 0 aliphatic heterocycles. The first-order chi connectivity index (χ1) is 2.00. The van der Waals surface area contributed by atoms with Crippen molar-refractivity contribution < 1.29 is 24.7 Å². The molecule has 40 valence electrons. The van der Waals surface area contributed by atoms with Crippen LogP contribution in [0, 0.1) is 0 Å². The summed E-state index contributed by atoms with van der Waals surface area (Å²) in [5, 5.41) is 0. The summed E-state index contributed by atoms with van der Waals surface area (Å²) in [7, 11) is -5.14. The molecule has 0 atom stereocenters. The fourth-order valence-electron chi connectivity index (χ4n) is 0. The van der Waals surface area contributed by atoms with Crippen LogP contribution < -0.4 is 9.79 Å². The molecule has 0 aliphatic carbocycles. The second kappa shape index (κ2) is 8.86. The number of hydrogen-bond acceptors (Lipinski definition) is 4. The third-order valence-electron chi connectivity index (χ3n) is 0. The Hall–Kier alpha value is 1.86. The average Bonchev–Trinajstić information content (AvgIpc) is 0.722. The van der Waals surface area contributed by atoms with E-state index < -0.39 is 7.82 Å². The van der Waals surface area contributed by atoms with Crippen LogP contribution in [-0.2, 0) is 4.57 Å². The van der Waals surface area contributed by atoms with Gasteiger partial charge in [-0.25, -0.2) is 0 Å². The molecular weight excluding hydrogens is 178 g/mol. The van der Waals surface area contributed by atoms with Crippen molar-refractivity contribution in [3.8, 4) is 0 Å². The van der Waals surface area contributed by atoms with Gasteiger partial charge in [-0.05, 0) is 0 Å². The Kier molecular flexibility index (Phi) is 25.0. The Bertz CT molecular complexity index is 58.6. The van der Waals surface area contributed by atoms with Gasteiger partial charge in [-0.3, -0.25) is 0 Å². The second-order valence-electron chi connectivity index (χ2n) is 0.469. The van der Waals surface area contributed by atoms with Gasteiger partial charge in [-0.2, -0.15) is 0 Å². The molecule has 0 aliphatic rings. The Labute approximate surface area is 86.8 Å². The summed E-state index contributed by atoms with van der Waals surface area (Å²) in [6.07, 6.45) is 0. The molecule has 0 bridgehead atoms. The minimum Gasteiger partial charge on any atom is -0.870 e. The summed E-state index contributed by atoms with van der Waals surface area (Å²) in [6.45, 7) is 0. The summed E-state index contributed by atoms with van der Waals surface area (Å²) < 4.78 is 8.66. The fourth-order valence-corrected chi connectivity index (χ4v) is 0. The van der Waals surface area contributed by atoms with Crippen molar-refractivity contribution in [2.24, 2.45) is 0 Å². The van der Waals surface area contributed by atoms with Crippen molar-refractivity contribution in [3.05, 3.63) is 0 Å². The van der Waals surface area contributed by atoms with Crippen LogP contribution >= 0.6 is 7.82 Å². The molecule has 0 rings (SSSR count). The summed E-state index contributed by atoms with van der Waals surface area (Å²) in [5.41, 5.74) is 0. The van der Waals surface area contributed by atoms with Gasteiger partial charge in [0, 0.05) is 0 Å². The smallest absolute Gasteiger partial charge is 0.870 e. The molecule has 0 heterocycles. The van der Waals surface area contributed by atoms with Gasteiger partial charge in [0.25, 0.3) is 0 Å². The van der Waals surface area contributed by atoms with Crippen molar-refractivity contribution in [2.75, 3.05) is 0 Å². The van der Waals surface area contributed by atoms with E-state index in [4.69, 9.17) is 19.2 Å². The normalized spacial score (nSPS) is 7.38. The van der Waals surface area contributed by atoms with Crippen LogP contribution in [0.25, 0.3) is 0 Å². The van der Waals surface area contributed by atoms with Crippen LogP contribution in [0.2, 0.25) is 0 Å². The Morgan fingerprint density at radius 2 is 1.38 bits per heavy atom. The van der Waals surface area contributed by atoms with Crippen LogP contribution in [0.3, 0.4) is 0 Å². The SMILES string of the molecule is O=P([O-])([O-])O.[Al+3].[Ca+2].[OH-]. The summed E-state index contributed by atoms with van der Waals surface area (Å²) in [4.78, 5) is 24.3. The molecule has 5 nitrogen and oxygen atoms in total. The molecule has 0 unspecified atom stereocenters. The fraction of sp³-hybridized carbons (Fsp3) is 0. The van der Waals surface area contributed by atoms with E-state index in [1.807, 2.05) is 0 Å². The summed E-state index contributed by atoms with van der Waals surface area (Å²) >= 11 is 0. The predicted molar refractivity (Wildman–Crippen MR) is 23.3 cm³/mol. The molecule has 0 aromatic heterocycles. The van der Waals surface area contributed by atoms with Crippen LogP contribution in [0.5, 0.6) is 0 Å². The van der Waals surface area contributed by atoms with Gasteiger partial charge in [0.1, 0.15) is 0 Å². The molecule has 8 heavy (non-hydrogen) atoms. The monoisotopic (exact) mass is 180 g/mol. The van der Waals surface area contributed by atoms with Crippen molar-refractivity contribution >= 4 is 62.9 Å². The molecule has 0 radical (unpaired) electrons. The van der Waals surface area contributed by atoms with E-state index in [0.29, 0.717) is 0 Å². The summed E-state index contributed by atoms with van der Waals surface area (Å²) in [5.74, 6) is 0. The predicted octanol–water partition coefficient (Wildman–Crippen LogP) is -3.13. The quantitative estimate of drug-likeness (QED) is 0.312. The molecule has 0 saturated carbocycles. The van der Waals surface area contributed by atoms with Gasteiger partial charge in [0.15, 0.2) is 0 Å². The van der Waals surface area contributed by atoms with Gasteiger partial charge in [0.05, 0.1) is 7.82 Å². The molecule has 0 fully saturated rings. The second-order valence-corrected chi connectivity index (χ2v) is 1.41. The zero-order chi connectivity index (χ0) is 4.50. The minimum absolute atomic E-state index is 0. The third kappa shape index (κ3) is 107. The Balaban J connectivity index is -0.0000000267. The van der Waals surface area contributed by atoms with E-state index in [2.05, 4.69) is 0 Å². The number of hydrogen-bond donors (Lipinski definition) is 1.